The van der Waals surface area contributed by atoms with E-state index in [1.54, 1.807) is 25.9 Å². The lowest BCUT2D eigenvalue weighted by atomic mass is 10.1. The topological polar surface area (TPSA) is 21.6 Å². The first-order valence-electron chi connectivity index (χ1n) is 4.80. The summed E-state index contributed by atoms with van der Waals surface area (Å²) in [6.07, 6.45) is 2.02. The molecule has 0 aromatic heterocycles. The molecule has 2 nitrogen and oxygen atoms in total. The smallest absolute Gasteiger partial charge is 0.129 e. The van der Waals surface area contributed by atoms with Crippen LogP contribution in [0.2, 0.25) is 0 Å². The van der Waals surface area contributed by atoms with Crippen LogP contribution in [0.3, 0.4) is 0 Å². The van der Waals surface area contributed by atoms with E-state index < -0.39 is 0 Å². The van der Waals surface area contributed by atoms with Crippen LogP contribution in [0.1, 0.15) is 16.7 Å². The number of hydrogen-bond donors (Lipinski definition) is 0. The number of methoxy groups -OCH3 is 1. The summed E-state index contributed by atoms with van der Waals surface area (Å²) in [5.41, 5.74) is 3.59. The molecule has 0 aliphatic carbocycles. The van der Waals surface area contributed by atoms with Crippen LogP contribution in [0.5, 0.6) is 5.75 Å². The van der Waals surface area contributed by atoms with Gasteiger partial charge in [0.15, 0.2) is 0 Å². The molecular weight excluding hydrogens is 206 g/mol. The van der Waals surface area contributed by atoms with Gasteiger partial charge in [0.2, 0.25) is 0 Å². The van der Waals surface area contributed by atoms with E-state index in [1.807, 2.05) is 6.26 Å². The van der Waals surface area contributed by atoms with Crippen LogP contribution >= 0.6 is 11.8 Å². The molecule has 0 unspecified atom stereocenters. The number of hydrogen-bond acceptors (Lipinski definition) is 3. The fourth-order valence-corrected chi connectivity index (χ4v) is 2.01. The molecule has 0 aliphatic heterocycles. The van der Waals surface area contributed by atoms with E-state index in [4.69, 9.17) is 4.74 Å². The summed E-state index contributed by atoms with van der Waals surface area (Å²) < 4.78 is 5.37. The summed E-state index contributed by atoms with van der Waals surface area (Å²) in [6.45, 7) is 4.19. The molecule has 0 spiro atoms. The number of rotatable bonds is 2. The second-order valence-corrected chi connectivity index (χ2v) is 4.16. The normalized spacial score (nSPS) is 11.7. The first kappa shape index (κ1) is 12.1. The number of benzene rings is 1. The van der Waals surface area contributed by atoms with Crippen molar-refractivity contribution in [1.29, 1.82) is 0 Å². The van der Waals surface area contributed by atoms with Crippen LogP contribution in [0.25, 0.3) is 0 Å². The number of aryl methyl sites for hydroxylation is 2. The molecule has 82 valence electrons. The molecule has 0 amide bonds. The molecular formula is C12H17NOS. The van der Waals surface area contributed by atoms with Gasteiger partial charge in [-0.15, -0.1) is 11.8 Å². The summed E-state index contributed by atoms with van der Waals surface area (Å²) in [4.78, 5) is 4.26. The van der Waals surface area contributed by atoms with Crippen LogP contribution in [0, 0.1) is 13.8 Å². The maximum absolute atomic E-state index is 5.37. The molecule has 1 rings (SSSR count). The number of thioether (sulfide) groups is 1. The van der Waals surface area contributed by atoms with Gasteiger partial charge in [-0.1, -0.05) is 0 Å². The van der Waals surface area contributed by atoms with E-state index in [0.29, 0.717) is 0 Å². The van der Waals surface area contributed by atoms with E-state index >= 15 is 0 Å². The second-order valence-electron chi connectivity index (χ2n) is 3.37. The molecule has 0 radical (unpaired) electrons. The van der Waals surface area contributed by atoms with Gasteiger partial charge in [0.25, 0.3) is 0 Å². The summed E-state index contributed by atoms with van der Waals surface area (Å²) in [7, 11) is 3.50. The molecule has 0 saturated heterocycles. The lowest BCUT2D eigenvalue weighted by Crippen LogP contribution is -2.01. The Balaban J connectivity index is 3.33. The zero-order valence-electron chi connectivity index (χ0n) is 9.92. The van der Waals surface area contributed by atoms with E-state index in [1.165, 1.54) is 11.1 Å². The maximum atomic E-state index is 5.37. The molecule has 0 atom stereocenters. The minimum absolute atomic E-state index is 0.896. The van der Waals surface area contributed by atoms with E-state index in [-0.39, 0.29) is 0 Å². The third-order valence-electron chi connectivity index (χ3n) is 2.44. The molecule has 1 aromatic carbocycles. The van der Waals surface area contributed by atoms with Crippen molar-refractivity contribution in [2.75, 3.05) is 20.4 Å². The van der Waals surface area contributed by atoms with Crippen LogP contribution in [-0.2, 0) is 0 Å². The Hall–Kier alpha value is -0.960. The Kier molecular flexibility index (Phi) is 4.21. The molecule has 0 heterocycles. The summed E-state index contributed by atoms with van der Waals surface area (Å²) in [5.74, 6) is 0.896. The minimum Gasteiger partial charge on any atom is -0.496 e. The number of nitrogens with zero attached hydrogens (tertiary/aromatic N) is 1. The third-order valence-corrected chi connectivity index (χ3v) is 3.23. The molecule has 0 aliphatic rings. The highest BCUT2D eigenvalue weighted by molar-refractivity contribution is 8.13. The fraction of sp³-hybridized carbons (Fsp3) is 0.417. The van der Waals surface area contributed by atoms with Crippen molar-refractivity contribution in [3.05, 3.63) is 28.8 Å². The van der Waals surface area contributed by atoms with Gasteiger partial charge in [0.1, 0.15) is 10.8 Å². The van der Waals surface area contributed by atoms with Gasteiger partial charge in [-0.05, 0) is 43.4 Å². The van der Waals surface area contributed by atoms with Gasteiger partial charge in [-0.2, -0.15) is 0 Å². The van der Waals surface area contributed by atoms with E-state index in [9.17, 15) is 0 Å². The van der Waals surface area contributed by atoms with Crippen molar-refractivity contribution in [2.24, 2.45) is 4.99 Å². The molecule has 1 aromatic rings. The number of aliphatic imine (C=N–C) groups is 1. The molecule has 3 heteroatoms. The SMILES string of the molecule is CN=C(SC)c1cc(C)c(C)cc1OC. The van der Waals surface area contributed by atoms with E-state index in [2.05, 4.69) is 31.0 Å². The predicted octanol–water partition coefficient (Wildman–Crippen LogP) is 3.05. The molecule has 0 bridgehead atoms. The molecule has 0 saturated carbocycles. The average Bonchev–Trinajstić information content (AvgIpc) is 2.24. The Morgan fingerprint density at radius 1 is 1.27 bits per heavy atom. The van der Waals surface area contributed by atoms with Gasteiger partial charge >= 0.3 is 0 Å². The molecule has 0 fully saturated rings. The Labute approximate surface area is 95.8 Å². The third kappa shape index (κ3) is 2.53. The predicted molar refractivity (Wildman–Crippen MR) is 68.4 cm³/mol. The largest absolute Gasteiger partial charge is 0.496 e. The van der Waals surface area contributed by atoms with Crippen molar-refractivity contribution in [3.63, 3.8) is 0 Å². The van der Waals surface area contributed by atoms with Crippen molar-refractivity contribution in [1.82, 2.24) is 0 Å². The summed E-state index contributed by atoms with van der Waals surface area (Å²) in [6, 6.07) is 4.19. The zero-order valence-corrected chi connectivity index (χ0v) is 10.7. The highest BCUT2D eigenvalue weighted by atomic mass is 32.2. The Bertz CT molecular complexity index is 385. The van der Waals surface area contributed by atoms with Gasteiger partial charge in [0, 0.05) is 12.6 Å². The second kappa shape index (κ2) is 5.21. The first-order valence-corrected chi connectivity index (χ1v) is 6.03. The van der Waals surface area contributed by atoms with Gasteiger partial charge in [-0.25, -0.2) is 0 Å². The number of ether oxygens (including phenoxy) is 1. The van der Waals surface area contributed by atoms with Crippen LogP contribution in [0.15, 0.2) is 17.1 Å². The lowest BCUT2D eigenvalue weighted by Gasteiger charge is -2.12. The van der Waals surface area contributed by atoms with Gasteiger partial charge in [-0.3, -0.25) is 4.99 Å². The molecule has 15 heavy (non-hydrogen) atoms. The Morgan fingerprint density at radius 3 is 2.33 bits per heavy atom. The quantitative estimate of drug-likeness (QED) is 0.568. The zero-order chi connectivity index (χ0) is 11.4. The van der Waals surface area contributed by atoms with Gasteiger partial charge < -0.3 is 4.74 Å². The standard InChI is InChI=1S/C12H17NOS/c1-8-6-10(12(13-3)15-5)11(14-4)7-9(8)2/h6-7H,1-5H3. The van der Waals surface area contributed by atoms with Crippen molar-refractivity contribution >= 4 is 16.8 Å². The van der Waals surface area contributed by atoms with Gasteiger partial charge in [0.05, 0.1) is 7.11 Å². The summed E-state index contributed by atoms with van der Waals surface area (Å²) >= 11 is 1.64. The Morgan fingerprint density at radius 2 is 1.87 bits per heavy atom. The highest BCUT2D eigenvalue weighted by Gasteiger charge is 2.10. The first-order chi connectivity index (χ1) is 7.13. The minimum atomic E-state index is 0.896. The highest BCUT2D eigenvalue weighted by Crippen LogP contribution is 2.26. The lowest BCUT2D eigenvalue weighted by molar-refractivity contribution is 0.413. The van der Waals surface area contributed by atoms with Crippen molar-refractivity contribution < 1.29 is 4.74 Å². The van der Waals surface area contributed by atoms with E-state index in [0.717, 1.165) is 16.4 Å². The average molecular weight is 223 g/mol. The van der Waals surface area contributed by atoms with Crippen molar-refractivity contribution in [2.45, 2.75) is 13.8 Å². The van der Waals surface area contributed by atoms with Crippen LogP contribution in [0.4, 0.5) is 0 Å². The fourth-order valence-electron chi connectivity index (χ4n) is 1.45. The van der Waals surface area contributed by atoms with Crippen LogP contribution in [-0.4, -0.2) is 25.5 Å². The molecule has 0 N–H and O–H groups in total. The maximum Gasteiger partial charge on any atom is 0.129 e. The summed E-state index contributed by atoms with van der Waals surface area (Å²) in [5, 5.41) is 1.01. The monoisotopic (exact) mass is 223 g/mol. The van der Waals surface area contributed by atoms with Crippen LogP contribution < -0.4 is 4.74 Å². The van der Waals surface area contributed by atoms with Crippen molar-refractivity contribution in [3.8, 4) is 5.75 Å².